The summed E-state index contributed by atoms with van der Waals surface area (Å²) in [4.78, 5) is 21.0. The molecule has 0 radical (unpaired) electrons. The number of rotatable bonds is 4. The number of H-pyrrole nitrogens is 1. The van der Waals surface area contributed by atoms with Crippen molar-refractivity contribution in [3.63, 3.8) is 0 Å². The van der Waals surface area contributed by atoms with Crippen LogP contribution in [-0.4, -0.2) is 32.6 Å². The van der Waals surface area contributed by atoms with E-state index in [4.69, 9.17) is 4.98 Å². The first-order chi connectivity index (χ1) is 11.1. The Balaban J connectivity index is 1.98. The number of aromatic nitrogens is 2. The summed E-state index contributed by atoms with van der Waals surface area (Å²) in [5, 5.41) is 9.35. The van der Waals surface area contributed by atoms with Crippen molar-refractivity contribution >= 4 is 22.0 Å². The van der Waals surface area contributed by atoms with E-state index in [0.717, 1.165) is 52.9 Å². The van der Waals surface area contributed by atoms with Crippen LogP contribution in [-0.2, 0) is 6.42 Å². The molecule has 2 N–H and O–H groups in total. The fourth-order valence-electron chi connectivity index (χ4n) is 3.14. The Kier molecular flexibility index (Phi) is 4.71. The van der Waals surface area contributed by atoms with Crippen LogP contribution >= 0.6 is 15.9 Å². The molecule has 1 aliphatic heterocycles. The average Bonchev–Trinajstić information content (AvgIpc) is 3.15. The molecule has 0 saturated carbocycles. The quantitative estimate of drug-likeness (QED) is 0.817. The molecule has 2 aromatic rings. The predicted molar refractivity (Wildman–Crippen MR) is 92.4 cm³/mol. The molecule has 1 amide bonds. The minimum Gasteiger partial charge on any atom is -0.465 e. The fourth-order valence-corrected chi connectivity index (χ4v) is 3.41. The molecule has 2 heterocycles. The molecule has 5 nitrogen and oxygen atoms in total. The molecule has 1 saturated heterocycles. The highest BCUT2D eigenvalue weighted by Crippen LogP contribution is 2.33. The van der Waals surface area contributed by atoms with Gasteiger partial charge in [-0.05, 0) is 31.4 Å². The third-order valence-electron chi connectivity index (χ3n) is 4.23. The standard InChI is InChI=1S/C17H20BrN3O2/c1-2-4-13-15(11-6-8-12(18)9-7-11)20-16(19-13)14-5-3-10-21(14)17(22)23/h6-9,14H,2-5,10H2,1H3,(H,19,20)(H,22,23). The third-order valence-corrected chi connectivity index (χ3v) is 4.76. The van der Waals surface area contributed by atoms with E-state index in [2.05, 4.69) is 27.8 Å². The van der Waals surface area contributed by atoms with Gasteiger partial charge in [0.05, 0.1) is 11.7 Å². The van der Waals surface area contributed by atoms with Gasteiger partial charge in [0.2, 0.25) is 0 Å². The Morgan fingerprint density at radius 2 is 2.17 bits per heavy atom. The van der Waals surface area contributed by atoms with Gasteiger partial charge in [-0.1, -0.05) is 41.4 Å². The highest BCUT2D eigenvalue weighted by Gasteiger charge is 2.32. The number of nitrogens with one attached hydrogen (secondary N) is 1. The summed E-state index contributed by atoms with van der Waals surface area (Å²) in [5.41, 5.74) is 3.08. The van der Waals surface area contributed by atoms with Crippen LogP contribution in [0.25, 0.3) is 11.3 Å². The van der Waals surface area contributed by atoms with E-state index in [-0.39, 0.29) is 6.04 Å². The van der Waals surface area contributed by atoms with E-state index < -0.39 is 6.09 Å². The zero-order valence-electron chi connectivity index (χ0n) is 13.1. The summed E-state index contributed by atoms with van der Waals surface area (Å²) < 4.78 is 1.03. The van der Waals surface area contributed by atoms with Crippen LogP contribution in [0.3, 0.4) is 0 Å². The maximum atomic E-state index is 11.4. The smallest absolute Gasteiger partial charge is 0.407 e. The third kappa shape index (κ3) is 3.27. The minimum atomic E-state index is -0.869. The molecule has 1 aliphatic rings. The Bertz CT molecular complexity index is 696. The van der Waals surface area contributed by atoms with Gasteiger partial charge in [-0.2, -0.15) is 0 Å². The van der Waals surface area contributed by atoms with Crippen molar-refractivity contribution in [1.82, 2.24) is 14.9 Å². The molecule has 122 valence electrons. The van der Waals surface area contributed by atoms with Gasteiger partial charge in [-0.3, -0.25) is 4.90 Å². The number of benzene rings is 1. The number of carbonyl (C=O) groups is 1. The van der Waals surface area contributed by atoms with E-state index in [1.54, 1.807) is 0 Å². The molecule has 1 fully saturated rings. The number of aryl methyl sites for hydroxylation is 1. The molecule has 3 rings (SSSR count). The van der Waals surface area contributed by atoms with Crippen molar-refractivity contribution in [3.8, 4) is 11.3 Å². The number of aromatic amines is 1. The molecule has 23 heavy (non-hydrogen) atoms. The zero-order chi connectivity index (χ0) is 16.4. The van der Waals surface area contributed by atoms with Crippen molar-refractivity contribution in [2.45, 2.75) is 38.6 Å². The predicted octanol–water partition coefficient (Wildman–Crippen LogP) is 4.61. The molecule has 0 bridgehead atoms. The number of hydrogen-bond acceptors (Lipinski definition) is 2. The van der Waals surface area contributed by atoms with Crippen molar-refractivity contribution in [1.29, 1.82) is 0 Å². The van der Waals surface area contributed by atoms with E-state index >= 15 is 0 Å². The first kappa shape index (κ1) is 16.1. The van der Waals surface area contributed by atoms with Gasteiger partial charge in [0.15, 0.2) is 0 Å². The summed E-state index contributed by atoms with van der Waals surface area (Å²) in [6.45, 7) is 2.71. The average molecular weight is 378 g/mol. The van der Waals surface area contributed by atoms with Crippen LogP contribution in [0.2, 0.25) is 0 Å². The monoisotopic (exact) mass is 377 g/mol. The van der Waals surface area contributed by atoms with Crippen LogP contribution in [0.15, 0.2) is 28.7 Å². The second-order valence-corrected chi connectivity index (χ2v) is 6.76. The van der Waals surface area contributed by atoms with E-state index in [1.165, 1.54) is 4.90 Å². The highest BCUT2D eigenvalue weighted by molar-refractivity contribution is 9.10. The maximum absolute atomic E-state index is 11.4. The highest BCUT2D eigenvalue weighted by atomic mass is 79.9. The van der Waals surface area contributed by atoms with E-state index in [1.807, 2.05) is 24.3 Å². The van der Waals surface area contributed by atoms with Crippen LogP contribution in [0, 0.1) is 0 Å². The van der Waals surface area contributed by atoms with Gasteiger partial charge in [0.25, 0.3) is 0 Å². The SMILES string of the molecule is CCCc1[nH]c(C2CCCN2C(=O)O)nc1-c1ccc(Br)cc1. The maximum Gasteiger partial charge on any atom is 0.407 e. The number of halogens is 1. The van der Waals surface area contributed by atoms with Crippen molar-refractivity contribution in [3.05, 3.63) is 40.3 Å². The lowest BCUT2D eigenvalue weighted by Crippen LogP contribution is -2.29. The van der Waals surface area contributed by atoms with Gasteiger partial charge in [-0.15, -0.1) is 0 Å². The summed E-state index contributed by atoms with van der Waals surface area (Å²) in [6, 6.07) is 7.91. The zero-order valence-corrected chi connectivity index (χ0v) is 14.6. The van der Waals surface area contributed by atoms with Crippen molar-refractivity contribution < 1.29 is 9.90 Å². The summed E-state index contributed by atoms with van der Waals surface area (Å²) in [7, 11) is 0. The Hall–Kier alpha value is -1.82. The first-order valence-electron chi connectivity index (χ1n) is 7.94. The largest absolute Gasteiger partial charge is 0.465 e. The van der Waals surface area contributed by atoms with Gasteiger partial charge in [0, 0.05) is 22.3 Å². The Labute approximate surface area is 143 Å². The molecule has 1 aromatic carbocycles. The molecule has 1 aromatic heterocycles. The Morgan fingerprint density at radius 1 is 1.43 bits per heavy atom. The van der Waals surface area contributed by atoms with Crippen LogP contribution in [0.1, 0.15) is 43.7 Å². The molecule has 6 heteroatoms. The summed E-state index contributed by atoms with van der Waals surface area (Å²) in [6.07, 6.45) is 2.75. The molecular weight excluding hydrogens is 358 g/mol. The lowest BCUT2D eigenvalue weighted by molar-refractivity contribution is 0.139. The molecule has 0 spiro atoms. The number of likely N-dealkylation sites (tertiary alicyclic amines) is 1. The number of carboxylic acid groups (broad SMARTS) is 1. The molecule has 1 unspecified atom stereocenters. The summed E-state index contributed by atoms with van der Waals surface area (Å²) in [5.74, 6) is 0.770. The number of amides is 1. The van der Waals surface area contributed by atoms with Gasteiger partial charge in [-0.25, -0.2) is 9.78 Å². The van der Waals surface area contributed by atoms with Gasteiger partial charge in [0.1, 0.15) is 5.82 Å². The molecule has 1 atom stereocenters. The van der Waals surface area contributed by atoms with Gasteiger partial charge < -0.3 is 10.1 Å². The van der Waals surface area contributed by atoms with Crippen LogP contribution in [0.5, 0.6) is 0 Å². The van der Waals surface area contributed by atoms with E-state index in [9.17, 15) is 9.90 Å². The normalized spacial score (nSPS) is 17.7. The lowest BCUT2D eigenvalue weighted by atomic mass is 10.1. The van der Waals surface area contributed by atoms with Crippen molar-refractivity contribution in [2.24, 2.45) is 0 Å². The lowest BCUT2D eigenvalue weighted by Gasteiger charge is -2.19. The number of hydrogen-bond donors (Lipinski definition) is 2. The molecule has 0 aliphatic carbocycles. The van der Waals surface area contributed by atoms with Crippen LogP contribution in [0.4, 0.5) is 4.79 Å². The second kappa shape index (κ2) is 6.74. The van der Waals surface area contributed by atoms with Crippen LogP contribution < -0.4 is 0 Å². The first-order valence-corrected chi connectivity index (χ1v) is 8.73. The number of imidazole rings is 1. The molecular formula is C17H20BrN3O2. The Morgan fingerprint density at radius 3 is 2.83 bits per heavy atom. The number of nitrogens with zero attached hydrogens (tertiary/aromatic N) is 2. The topological polar surface area (TPSA) is 69.2 Å². The van der Waals surface area contributed by atoms with E-state index in [0.29, 0.717) is 6.54 Å². The minimum absolute atomic E-state index is 0.160. The second-order valence-electron chi connectivity index (χ2n) is 5.84. The van der Waals surface area contributed by atoms with Gasteiger partial charge >= 0.3 is 6.09 Å². The summed E-state index contributed by atoms with van der Waals surface area (Å²) >= 11 is 3.45. The fraction of sp³-hybridized carbons (Fsp3) is 0.412. The van der Waals surface area contributed by atoms with Crippen molar-refractivity contribution in [2.75, 3.05) is 6.54 Å².